The van der Waals surface area contributed by atoms with Crippen molar-refractivity contribution in [1.82, 2.24) is 15.1 Å². The number of anilines is 1. The third-order valence-corrected chi connectivity index (χ3v) is 3.37. The number of nitrogens with one attached hydrogen (secondary N) is 1. The van der Waals surface area contributed by atoms with Crippen molar-refractivity contribution >= 4 is 27.5 Å². The Morgan fingerprint density at radius 3 is 2.90 bits per heavy atom. The van der Waals surface area contributed by atoms with Crippen molar-refractivity contribution < 1.29 is 9.53 Å². The summed E-state index contributed by atoms with van der Waals surface area (Å²) in [5, 5.41) is 6.36. The van der Waals surface area contributed by atoms with Gasteiger partial charge in [0, 0.05) is 23.6 Å². The first kappa shape index (κ1) is 14.4. The van der Waals surface area contributed by atoms with Crippen LogP contribution in [0.25, 0.3) is 0 Å². The van der Waals surface area contributed by atoms with Gasteiger partial charge in [0.1, 0.15) is 11.4 Å². The fourth-order valence-electron chi connectivity index (χ4n) is 1.86. The first-order valence-corrected chi connectivity index (χ1v) is 6.69. The van der Waals surface area contributed by atoms with Gasteiger partial charge in [-0.25, -0.2) is 0 Å². The molecule has 0 unspecified atom stereocenters. The van der Waals surface area contributed by atoms with Crippen LogP contribution in [-0.2, 0) is 6.54 Å². The van der Waals surface area contributed by atoms with Gasteiger partial charge in [0.2, 0.25) is 0 Å². The van der Waals surface area contributed by atoms with E-state index in [0.717, 1.165) is 15.8 Å². The standard InChI is InChI=1S/C13H15BrN4O2/c1-18(13(19)12-10(15)6-16-17-12)7-8-5-9(14)3-4-11(8)20-2/h3-6H,7,15H2,1-2H3,(H,16,17). The van der Waals surface area contributed by atoms with E-state index in [-0.39, 0.29) is 5.91 Å². The highest BCUT2D eigenvalue weighted by atomic mass is 79.9. The number of carbonyl (C=O) groups excluding carboxylic acids is 1. The summed E-state index contributed by atoms with van der Waals surface area (Å²) in [6.07, 6.45) is 1.42. The molecule has 2 aromatic rings. The molecule has 20 heavy (non-hydrogen) atoms. The molecule has 1 aromatic carbocycles. The lowest BCUT2D eigenvalue weighted by molar-refractivity contribution is 0.0779. The Bertz CT molecular complexity index is 627. The smallest absolute Gasteiger partial charge is 0.274 e. The van der Waals surface area contributed by atoms with Crippen LogP contribution in [0.4, 0.5) is 5.69 Å². The molecule has 3 N–H and O–H groups in total. The second kappa shape index (κ2) is 5.96. The molecule has 6 nitrogen and oxygen atoms in total. The summed E-state index contributed by atoms with van der Waals surface area (Å²) < 4.78 is 6.22. The maximum absolute atomic E-state index is 12.2. The molecule has 1 heterocycles. The normalized spacial score (nSPS) is 10.3. The zero-order valence-electron chi connectivity index (χ0n) is 11.2. The van der Waals surface area contributed by atoms with Crippen molar-refractivity contribution in [2.24, 2.45) is 0 Å². The Morgan fingerprint density at radius 2 is 2.30 bits per heavy atom. The number of benzene rings is 1. The van der Waals surface area contributed by atoms with E-state index in [2.05, 4.69) is 26.1 Å². The number of nitrogens with zero attached hydrogens (tertiary/aromatic N) is 2. The molecule has 0 aliphatic carbocycles. The average Bonchev–Trinajstić information content (AvgIpc) is 2.84. The van der Waals surface area contributed by atoms with Gasteiger partial charge in [-0.2, -0.15) is 5.10 Å². The number of H-pyrrole nitrogens is 1. The van der Waals surface area contributed by atoms with Gasteiger partial charge in [0.25, 0.3) is 5.91 Å². The molecular formula is C13H15BrN4O2. The number of hydrogen-bond acceptors (Lipinski definition) is 4. The SMILES string of the molecule is COc1ccc(Br)cc1CN(C)C(=O)c1[nH]ncc1N. The fourth-order valence-corrected chi connectivity index (χ4v) is 2.26. The molecular weight excluding hydrogens is 324 g/mol. The van der Waals surface area contributed by atoms with E-state index >= 15 is 0 Å². The molecule has 0 radical (unpaired) electrons. The number of nitrogen functional groups attached to an aromatic ring is 1. The van der Waals surface area contributed by atoms with Gasteiger partial charge in [-0.3, -0.25) is 9.89 Å². The van der Waals surface area contributed by atoms with Crippen LogP contribution in [-0.4, -0.2) is 35.2 Å². The quantitative estimate of drug-likeness (QED) is 0.893. The molecule has 0 fully saturated rings. The van der Waals surface area contributed by atoms with Gasteiger partial charge in [-0.05, 0) is 18.2 Å². The monoisotopic (exact) mass is 338 g/mol. The zero-order valence-corrected chi connectivity index (χ0v) is 12.8. The minimum atomic E-state index is -0.220. The van der Waals surface area contributed by atoms with Crippen molar-refractivity contribution in [1.29, 1.82) is 0 Å². The molecule has 2 rings (SSSR count). The van der Waals surface area contributed by atoms with E-state index in [0.29, 0.717) is 17.9 Å². The first-order chi connectivity index (χ1) is 9.52. The Labute approximate surface area is 125 Å². The molecule has 7 heteroatoms. The largest absolute Gasteiger partial charge is 0.496 e. The van der Waals surface area contributed by atoms with Crippen LogP contribution in [0, 0.1) is 0 Å². The Balaban J connectivity index is 2.20. The molecule has 0 saturated carbocycles. The number of amides is 1. The van der Waals surface area contributed by atoms with E-state index in [1.165, 1.54) is 6.20 Å². The third-order valence-electron chi connectivity index (χ3n) is 2.88. The summed E-state index contributed by atoms with van der Waals surface area (Å²) in [6, 6.07) is 5.65. The predicted octanol–water partition coefficient (Wildman–Crippen LogP) is 2.04. The van der Waals surface area contributed by atoms with Crippen molar-refractivity contribution in [2.45, 2.75) is 6.54 Å². The van der Waals surface area contributed by atoms with Gasteiger partial charge < -0.3 is 15.4 Å². The minimum Gasteiger partial charge on any atom is -0.496 e. The highest BCUT2D eigenvalue weighted by molar-refractivity contribution is 9.10. The van der Waals surface area contributed by atoms with Gasteiger partial charge in [0.05, 0.1) is 19.0 Å². The van der Waals surface area contributed by atoms with Crippen LogP contribution in [0.15, 0.2) is 28.9 Å². The van der Waals surface area contributed by atoms with Crippen LogP contribution >= 0.6 is 15.9 Å². The number of aromatic nitrogens is 2. The highest BCUT2D eigenvalue weighted by Gasteiger charge is 2.18. The van der Waals surface area contributed by atoms with Crippen LogP contribution < -0.4 is 10.5 Å². The highest BCUT2D eigenvalue weighted by Crippen LogP contribution is 2.24. The lowest BCUT2D eigenvalue weighted by atomic mass is 10.2. The Morgan fingerprint density at radius 1 is 1.55 bits per heavy atom. The van der Waals surface area contributed by atoms with E-state index in [9.17, 15) is 4.79 Å². The van der Waals surface area contributed by atoms with Gasteiger partial charge in [-0.15, -0.1) is 0 Å². The molecule has 0 saturated heterocycles. The molecule has 0 spiro atoms. The van der Waals surface area contributed by atoms with Crippen molar-refractivity contribution in [3.05, 3.63) is 40.1 Å². The predicted molar refractivity (Wildman–Crippen MR) is 79.5 cm³/mol. The Kier molecular flexibility index (Phi) is 4.29. The zero-order chi connectivity index (χ0) is 14.7. The number of nitrogens with two attached hydrogens (primary N) is 1. The second-order valence-corrected chi connectivity index (χ2v) is 5.23. The van der Waals surface area contributed by atoms with Crippen LogP contribution in [0.5, 0.6) is 5.75 Å². The van der Waals surface area contributed by atoms with E-state index in [4.69, 9.17) is 10.5 Å². The molecule has 1 amide bonds. The molecule has 0 aliphatic rings. The average molecular weight is 339 g/mol. The maximum atomic E-state index is 12.2. The number of methoxy groups -OCH3 is 1. The van der Waals surface area contributed by atoms with E-state index < -0.39 is 0 Å². The second-order valence-electron chi connectivity index (χ2n) is 4.32. The number of rotatable bonds is 4. The number of halogens is 1. The summed E-state index contributed by atoms with van der Waals surface area (Å²) in [4.78, 5) is 13.8. The molecule has 1 aromatic heterocycles. The summed E-state index contributed by atoms with van der Waals surface area (Å²) in [5.41, 5.74) is 7.21. The summed E-state index contributed by atoms with van der Waals surface area (Å²) in [6.45, 7) is 0.403. The maximum Gasteiger partial charge on any atom is 0.274 e. The van der Waals surface area contributed by atoms with Crippen molar-refractivity contribution in [2.75, 3.05) is 19.9 Å². The van der Waals surface area contributed by atoms with Crippen molar-refractivity contribution in [3.63, 3.8) is 0 Å². The van der Waals surface area contributed by atoms with E-state index in [1.54, 1.807) is 19.1 Å². The first-order valence-electron chi connectivity index (χ1n) is 5.89. The van der Waals surface area contributed by atoms with Gasteiger partial charge >= 0.3 is 0 Å². The minimum absolute atomic E-state index is 0.220. The molecule has 0 bridgehead atoms. The van der Waals surface area contributed by atoms with Crippen LogP contribution in [0.2, 0.25) is 0 Å². The Hall–Kier alpha value is -2.02. The number of ether oxygens (including phenoxy) is 1. The molecule has 106 valence electrons. The number of hydrogen-bond donors (Lipinski definition) is 2. The summed E-state index contributed by atoms with van der Waals surface area (Å²) in [5.74, 6) is 0.507. The molecule has 0 atom stereocenters. The number of carbonyl (C=O) groups is 1. The van der Waals surface area contributed by atoms with Gasteiger partial charge in [-0.1, -0.05) is 15.9 Å². The van der Waals surface area contributed by atoms with Crippen LogP contribution in [0.1, 0.15) is 16.1 Å². The van der Waals surface area contributed by atoms with E-state index in [1.807, 2.05) is 18.2 Å². The molecule has 0 aliphatic heterocycles. The van der Waals surface area contributed by atoms with Gasteiger partial charge in [0.15, 0.2) is 0 Å². The lowest BCUT2D eigenvalue weighted by Gasteiger charge is -2.18. The third kappa shape index (κ3) is 2.93. The summed E-state index contributed by atoms with van der Waals surface area (Å²) in [7, 11) is 3.30. The fraction of sp³-hybridized carbons (Fsp3) is 0.231. The number of aromatic amines is 1. The summed E-state index contributed by atoms with van der Waals surface area (Å²) >= 11 is 3.41. The van der Waals surface area contributed by atoms with Crippen molar-refractivity contribution in [3.8, 4) is 5.75 Å². The van der Waals surface area contributed by atoms with Crippen LogP contribution in [0.3, 0.4) is 0 Å². The topological polar surface area (TPSA) is 84.2 Å². The lowest BCUT2D eigenvalue weighted by Crippen LogP contribution is -2.27.